The first kappa shape index (κ1) is 15.4. The number of pyridine rings is 1. The van der Waals surface area contributed by atoms with Gasteiger partial charge in [0.1, 0.15) is 17.2 Å². The molecule has 3 rings (SSSR count). The standard InChI is InChI=1S/C16H9ClF3NO2/c17-10-1-6-13-14(9-10)21-8-7-15(13)22-11-2-4-12(5-3-11)23-16(18,19)20/h1-9H. The van der Waals surface area contributed by atoms with Crippen LogP contribution in [-0.2, 0) is 0 Å². The van der Waals surface area contributed by atoms with Crippen LogP contribution >= 0.6 is 11.6 Å². The summed E-state index contributed by atoms with van der Waals surface area (Å²) in [7, 11) is 0. The van der Waals surface area contributed by atoms with Gasteiger partial charge in [-0.1, -0.05) is 11.6 Å². The van der Waals surface area contributed by atoms with Gasteiger partial charge in [-0.05, 0) is 48.5 Å². The second-order valence-corrected chi connectivity index (χ2v) is 5.03. The van der Waals surface area contributed by atoms with Crippen molar-refractivity contribution >= 4 is 22.5 Å². The molecule has 0 amide bonds. The van der Waals surface area contributed by atoms with E-state index in [2.05, 4.69) is 9.72 Å². The lowest BCUT2D eigenvalue weighted by atomic mass is 10.2. The highest BCUT2D eigenvalue weighted by Gasteiger charge is 2.30. The van der Waals surface area contributed by atoms with Gasteiger partial charge in [0.15, 0.2) is 0 Å². The molecule has 0 radical (unpaired) electrons. The lowest BCUT2D eigenvalue weighted by molar-refractivity contribution is -0.274. The zero-order valence-corrected chi connectivity index (χ0v) is 12.2. The molecular weight excluding hydrogens is 331 g/mol. The second-order valence-electron chi connectivity index (χ2n) is 4.59. The molecule has 1 heterocycles. The Morgan fingerprint density at radius 2 is 1.61 bits per heavy atom. The van der Waals surface area contributed by atoms with Gasteiger partial charge in [-0.2, -0.15) is 0 Å². The molecule has 3 nitrogen and oxygen atoms in total. The number of fused-ring (bicyclic) bond motifs is 1. The summed E-state index contributed by atoms with van der Waals surface area (Å²) in [4.78, 5) is 4.19. The lowest BCUT2D eigenvalue weighted by Gasteiger charge is -2.11. The molecule has 0 aliphatic carbocycles. The monoisotopic (exact) mass is 339 g/mol. The number of rotatable bonds is 3. The van der Waals surface area contributed by atoms with Gasteiger partial charge >= 0.3 is 6.36 Å². The van der Waals surface area contributed by atoms with Crippen molar-refractivity contribution in [3.8, 4) is 17.2 Å². The molecule has 0 saturated carbocycles. The summed E-state index contributed by atoms with van der Waals surface area (Å²) in [6.45, 7) is 0. The molecule has 23 heavy (non-hydrogen) atoms. The van der Waals surface area contributed by atoms with E-state index in [1.165, 1.54) is 24.3 Å². The minimum absolute atomic E-state index is 0.309. The number of alkyl halides is 3. The Hall–Kier alpha value is -2.47. The Bertz CT molecular complexity index is 835. The van der Waals surface area contributed by atoms with Crippen LogP contribution in [0.15, 0.2) is 54.7 Å². The average Bonchev–Trinajstić information content (AvgIpc) is 2.48. The number of aromatic nitrogens is 1. The molecule has 0 aliphatic rings. The minimum atomic E-state index is -4.72. The maximum atomic E-state index is 12.1. The predicted octanol–water partition coefficient (Wildman–Crippen LogP) is 5.58. The minimum Gasteiger partial charge on any atom is -0.457 e. The van der Waals surface area contributed by atoms with Gasteiger partial charge < -0.3 is 9.47 Å². The van der Waals surface area contributed by atoms with E-state index in [0.29, 0.717) is 22.0 Å². The van der Waals surface area contributed by atoms with Crippen molar-refractivity contribution < 1.29 is 22.6 Å². The summed E-state index contributed by atoms with van der Waals surface area (Å²) in [6.07, 6.45) is -3.15. The molecule has 0 spiro atoms. The summed E-state index contributed by atoms with van der Waals surface area (Å²) in [5, 5.41) is 1.29. The molecule has 0 unspecified atom stereocenters. The number of ether oxygens (including phenoxy) is 2. The number of benzene rings is 2. The van der Waals surface area contributed by atoms with E-state index in [-0.39, 0.29) is 5.75 Å². The quantitative estimate of drug-likeness (QED) is 0.624. The van der Waals surface area contributed by atoms with Gasteiger partial charge in [0.2, 0.25) is 0 Å². The molecule has 0 aliphatic heterocycles. The van der Waals surface area contributed by atoms with Crippen LogP contribution in [0.3, 0.4) is 0 Å². The molecule has 2 aromatic carbocycles. The van der Waals surface area contributed by atoms with Crippen molar-refractivity contribution in [1.29, 1.82) is 0 Å². The van der Waals surface area contributed by atoms with Crippen LogP contribution in [0.2, 0.25) is 5.02 Å². The van der Waals surface area contributed by atoms with Gasteiger partial charge in [0, 0.05) is 16.6 Å². The normalized spacial score (nSPS) is 11.5. The van der Waals surface area contributed by atoms with Crippen LogP contribution in [0.1, 0.15) is 0 Å². The molecule has 3 aromatic rings. The predicted molar refractivity (Wildman–Crippen MR) is 80.0 cm³/mol. The van der Waals surface area contributed by atoms with Crippen molar-refractivity contribution in [2.45, 2.75) is 6.36 Å². The molecule has 0 saturated heterocycles. The first-order valence-electron chi connectivity index (χ1n) is 6.49. The Kier molecular flexibility index (Phi) is 4.00. The third-order valence-electron chi connectivity index (χ3n) is 2.95. The zero-order valence-electron chi connectivity index (χ0n) is 11.5. The first-order valence-corrected chi connectivity index (χ1v) is 6.86. The van der Waals surface area contributed by atoms with Gasteiger partial charge in [0.25, 0.3) is 0 Å². The highest BCUT2D eigenvalue weighted by molar-refractivity contribution is 6.31. The van der Waals surface area contributed by atoms with Crippen LogP contribution in [0.5, 0.6) is 17.2 Å². The van der Waals surface area contributed by atoms with Gasteiger partial charge in [-0.25, -0.2) is 0 Å². The molecule has 0 bridgehead atoms. The summed E-state index contributed by atoms with van der Waals surface area (Å²) < 4.78 is 45.9. The Balaban J connectivity index is 1.85. The number of hydrogen-bond acceptors (Lipinski definition) is 3. The van der Waals surface area contributed by atoms with Gasteiger partial charge in [-0.3, -0.25) is 4.98 Å². The smallest absolute Gasteiger partial charge is 0.457 e. The summed E-state index contributed by atoms with van der Waals surface area (Å²) in [5.41, 5.74) is 0.659. The van der Waals surface area contributed by atoms with Crippen LogP contribution in [0, 0.1) is 0 Å². The van der Waals surface area contributed by atoms with Crippen molar-refractivity contribution in [3.63, 3.8) is 0 Å². The number of hydrogen-bond donors (Lipinski definition) is 0. The third kappa shape index (κ3) is 3.84. The van der Waals surface area contributed by atoms with E-state index < -0.39 is 6.36 Å². The Labute approximate surface area is 134 Å². The third-order valence-corrected chi connectivity index (χ3v) is 3.18. The van der Waals surface area contributed by atoms with Crippen LogP contribution in [-0.4, -0.2) is 11.3 Å². The number of halogens is 4. The topological polar surface area (TPSA) is 31.4 Å². The average molecular weight is 340 g/mol. The van der Waals surface area contributed by atoms with E-state index >= 15 is 0 Å². The van der Waals surface area contributed by atoms with Crippen molar-refractivity contribution in [2.24, 2.45) is 0 Å². The molecule has 1 aromatic heterocycles. The SMILES string of the molecule is FC(F)(F)Oc1ccc(Oc2ccnc3cc(Cl)ccc23)cc1. The zero-order chi connectivity index (χ0) is 16.4. The molecule has 0 atom stereocenters. The maximum Gasteiger partial charge on any atom is 0.573 e. The highest BCUT2D eigenvalue weighted by Crippen LogP contribution is 2.31. The fourth-order valence-electron chi connectivity index (χ4n) is 2.02. The molecule has 0 fully saturated rings. The van der Waals surface area contributed by atoms with Crippen molar-refractivity contribution in [3.05, 3.63) is 59.8 Å². The lowest BCUT2D eigenvalue weighted by Crippen LogP contribution is -2.16. The Morgan fingerprint density at radius 1 is 0.913 bits per heavy atom. The second kappa shape index (κ2) is 5.96. The van der Waals surface area contributed by atoms with Crippen molar-refractivity contribution in [1.82, 2.24) is 4.98 Å². The molecule has 118 valence electrons. The fraction of sp³-hybridized carbons (Fsp3) is 0.0625. The van der Waals surface area contributed by atoms with Crippen molar-refractivity contribution in [2.75, 3.05) is 0 Å². The maximum absolute atomic E-state index is 12.1. The number of nitrogens with zero attached hydrogens (tertiary/aromatic N) is 1. The summed E-state index contributed by atoms with van der Waals surface area (Å²) >= 11 is 5.91. The van der Waals surface area contributed by atoms with Crippen LogP contribution < -0.4 is 9.47 Å². The van der Waals surface area contributed by atoms with E-state index in [1.54, 1.807) is 30.5 Å². The molecule has 0 N–H and O–H groups in total. The highest BCUT2D eigenvalue weighted by atomic mass is 35.5. The summed E-state index contributed by atoms with van der Waals surface area (Å²) in [6, 6.07) is 12.0. The Morgan fingerprint density at radius 3 is 2.30 bits per heavy atom. The molecule has 7 heteroatoms. The van der Waals surface area contributed by atoms with E-state index in [1.807, 2.05) is 0 Å². The van der Waals surface area contributed by atoms with E-state index in [4.69, 9.17) is 16.3 Å². The van der Waals surface area contributed by atoms with Gasteiger partial charge in [-0.15, -0.1) is 13.2 Å². The van der Waals surface area contributed by atoms with E-state index in [0.717, 1.165) is 5.39 Å². The fourth-order valence-corrected chi connectivity index (χ4v) is 2.19. The largest absolute Gasteiger partial charge is 0.573 e. The van der Waals surface area contributed by atoms with E-state index in [9.17, 15) is 13.2 Å². The van der Waals surface area contributed by atoms with Crippen LogP contribution in [0.4, 0.5) is 13.2 Å². The molecular formula is C16H9ClF3NO2. The van der Waals surface area contributed by atoms with Crippen LogP contribution in [0.25, 0.3) is 10.9 Å². The summed E-state index contributed by atoms with van der Waals surface area (Å²) in [5.74, 6) is 0.592. The first-order chi connectivity index (χ1) is 10.9. The van der Waals surface area contributed by atoms with Gasteiger partial charge in [0.05, 0.1) is 5.52 Å².